The third-order valence-electron chi connectivity index (χ3n) is 3.65. The van der Waals surface area contributed by atoms with Gasteiger partial charge < -0.3 is 21.5 Å². The van der Waals surface area contributed by atoms with Gasteiger partial charge in [0, 0.05) is 13.1 Å². The first-order valence-corrected chi connectivity index (χ1v) is 9.48. The van der Waals surface area contributed by atoms with Crippen LogP contribution in [0.25, 0.3) is 0 Å². The van der Waals surface area contributed by atoms with Gasteiger partial charge in [-0.1, -0.05) is 55.8 Å². The summed E-state index contributed by atoms with van der Waals surface area (Å²) in [5.74, 6) is -2.15. The highest BCUT2D eigenvalue weighted by atomic mass is 35.5. The SMILES string of the molecule is CC(C)CCNc1nc(N)c(C(=O)NCc2ccccc2)nc1Cl.O=C(O)C(F)(F)F. The maximum absolute atomic E-state index is 12.2. The van der Waals surface area contributed by atoms with Gasteiger partial charge in [0.25, 0.3) is 5.91 Å². The average molecular weight is 462 g/mol. The van der Waals surface area contributed by atoms with E-state index in [4.69, 9.17) is 27.2 Å². The fraction of sp³-hybridized carbons (Fsp3) is 0.368. The number of anilines is 2. The van der Waals surface area contributed by atoms with Crippen LogP contribution in [0.3, 0.4) is 0 Å². The molecule has 2 aromatic rings. The first kappa shape index (κ1) is 26.0. The van der Waals surface area contributed by atoms with Crippen LogP contribution in [-0.4, -0.2) is 39.7 Å². The Hall–Kier alpha value is -3.08. The van der Waals surface area contributed by atoms with Gasteiger partial charge in [0.2, 0.25) is 0 Å². The van der Waals surface area contributed by atoms with Gasteiger partial charge in [-0.25, -0.2) is 14.8 Å². The van der Waals surface area contributed by atoms with E-state index in [1.165, 1.54) is 0 Å². The number of nitrogen functional groups attached to an aromatic ring is 1. The van der Waals surface area contributed by atoms with Crippen LogP contribution in [0.2, 0.25) is 5.15 Å². The van der Waals surface area contributed by atoms with Gasteiger partial charge in [0.1, 0.15) is 0 Å². The summed E-state index contributed by atoms with van der Waals surface area (Å²) in [5, 5.41) is 13.1. The average Bonchev–Trinajstić information content (AvgIpc) is 2.68. The van der Waals surface area contributed by atoms with Crippen LogP contribution in [0, 0.1) is 5.92 Å². The van der Waals surface area contributed by atoms with Gasteiger partial charge in [0.15, 0.2) is 22.5 Å². The Labute approximate surface area is 182 Å². The number of carbonyl (C=O) groups excluding carboxylic acids is 1. The third-order valence-corrected chi connectivity index (χ3v) is 3.91. The summed E-state index contributed by atoms with van der Waals surface area (Å²) < 4.78 is 31.7. The number of hydrogen-bond acceptors (Lipinski definition) is 6. The van der Waals surface area contributed by atoms with Gasteiger partial charge in [-0.3, -0.25) is 4.79 Å². The monoisotopic (exact) mass is 461 g/mol. The fourth-order valence-electron chi connectivity index (χ4n) is 2.05. The molecule has 8 nitrogen and oxygen atoms in total. The number of rotatable bonds is 7. The predicted octanol–water partition coefficient (Wildman–Crippen LogP) is 3.73. The summed E-state index contributed by atoms with van der Waals surface area (Å²) in [6, 6.07) is 9.57. The van der Waals surface area contributed by atoms with E-state index in [1.807, 2.05) is 30.3 Å². The minimum absolute atomic E-state index is 0.0327. The predicted molar refractivity (Wildman–Crippen MR) is 111 cm³/mol. The Morgan fingerprint density at radius 1 is 1.19 bits per heavy atom. The summed E-state index contributed by atoms with van der Waals surface area (Å²) in [6.45, 7) is 5.35. The maximum Gasteiger partial charge on any atom is 0.490 e. The molecule has 5 N–H and O–H groups in total. The van der Waals surface area contributed by atoms with Gasteiger partial charge in [-0.05, 0) is 17.9 Å². The first-order valence-electron chi connectivity index (χ1n) is 9.11. The lowest BCUT2D eigenvalue weighted by atomic mass is 10.1. The summed E-state index contributed by atoms with van der Waals surface area (Å²) in [4.78, 5) is 29.4. The van der Waals surface area contributed by atoms with Gasteiger partial charge >= 0.3 is 12.1 Å². The molecule has 0 atom stereocenters. The molecular weight excluding hydrogens is 439 g/mol. The molecule has 2 rings (SSSR count). The largest absolute Gasteiger partial charge is 0.490 e. The molecule has 170 valence electrons. The topological polar surface area (TPSA) is 130 Å². The molecule has 31 heavy (non-hydrogen) atoms. The molecule has 0 fully saturated rings. The molecule has 12 heteroatoms. The molecule has 0 aliphatic carbocycles. The van der Waals surface area contributed by atoms with Crippen LogP contribution in [0.1, 0.15) is 36.3 Å². The van der Waals surface area contributed by atoms with Gasteiger partial charge in [-0.2, -0.15) is 13.2 Å². The minimum Gasteiger partial charge on any atom is -0.475 e. The van der Waals surface area contributed by atoms with Crippen LogP contribution in [0.4, 0.5) is 24.8 Å². The number of aliphatic carboxylic acids is 1. The molecule has 0 spiro atoms. The number of nitrogens with zero attached hydrogens (tertiary/aromatic N) is 2. The third kappa shape index (κ3) is 9.51. The fourth-order valence-corrected chi connectivity index (χ4v) is 2.24. The number of carboxylic acids is 1. The number of nitrogens with two attached hydrogens (primary N) is 1. The number of halogens is 4. The molecule has 0 bridgehead atoms. The second-order valence-corrected chi connectivity index (χ2v) is 7.04. The van der Waals surface area contributed by atoms with E-state index in [0.717, 1.165) is 12.0 Å². The van der Waals surface area contributed by atoms with E-state index in [2.05, 4.69) is 34.4 Å². The van der Waals surface area contributed by atoms with Gasteiger partial charge in [-0.15, -0.1) is 0 Å². The van der Waals surface area contributed by atoms with Crippen molar-refractivity contribution in [3.8, 4) is 0 Å². The highest BCUT2D eigenvalue weighted by molar-refractivity contribution is 6.32. The number of amides is 1. The van der Waals surface area contributed by atoms with Crippen molar-refractivity contribution < 1.29 is 27.9 Å². The Kier molecular flexibility index (Phi) is 10.00. The van der Waals surface area contributed by atoms with E-state index in [-0.39, 0.29) is 16.7 Å². The van der Waals surface area contributed by atoms with Gasteiger partial charge in [0.05, 0.1) is 0 Å². The molecule has 1 amide bonds. The molecule has 0 saturated carbocycles. The van der Waals surface area contributed by atoms with E-state index in [9.17, 15) is 18.0 Å². The molecule has 1 aromatic carbocycles. The summed E-state index contributed by atoms with van der Waals surface area (Å²) in [7, 11) is 0. The number of benzene rings is 1. The summed E-state index contributed by atoms with van der Waals surface area (Å²) >= 11 is 6.11. The van der Waals surface area contributed by atoms with Crippen molar-refractivity contribution in [2.45, 2.75) is 33.0 Å². The lowest BCUT2D eigenvalue weighted by Gasteiger charge is -2.11. The Morgan fingerprint density at radius 3 is 2.29 bits per heavy atom. The zero-order chi connectivity index (χ0) is 23.6. The van der Waals surface area contributed by atoms with Crippen LogP contribution in [0.5, 0.6) is 0 Å². The number of hydrogen-bond donors (Lipinski definition) is 4. The molecule has 0 unspecified atom stereocenters. The quantitative estimate of drug-likeness (QED) is 0.494. The number of aromatic nitrogens is 2. The number of alkyl halides is 3. The molecule has 0 aliphatic rings. The standard InChI is InChI=1S/C17H22ClN5O.C2HF3O2/c1-11(2)8-9-20-16-14(18)22-13(15(19)23-16)17(24)21-10-12-6-4-3-5-7-12;3-2(4,5)1(6)7/h3-7,11H,8-10H2,1-2H3,(H,21,24)(H3,19,20,23);(H,6,7). The number of carbonyl (C=O) groups is 2. The molecule has 0 radical (unpaired) electrons. The van der Waals surface area contributed by atoms with Crippen molar-refractivity contribution >= 4 is 35.1 Å². The minimum atomic E-state index is -5.08. The zero-order valence-corrected chi connectivity index (χ0v) is 17.6. The summed E-state index contributed by atoms with van der Waals surface area (Å²) in [5.41, 5.74) is 6.87. The second-order valence-electron chi connectivity index (χ2n) is 6.68. The van der Waals surface area contributed by atoms with E-state index in [1.54, 1.807) is 0 Å². The zero-order valence-electron chi connectivity index (χ0n) is 16.8. The Morgan fingerprint density at radius 2 is 1.77 bits per heavy atom. The maximum atomic E-state index is 12.2. The van der Waals surface area contributed by atoms with Crippen molar-refractivity contribution in [2.24, 2.45) is 5.92 Å². The van der Waals surface area contributed by atoms with Crippen LogP contribution >= 0.6 is 11.6 Å². The van der Waals surface area contributed by atoms with Crippen molar-refractivity contribution in [3.63, 3.8) is 0 Å². The van der Waals surface area contributed by atoms with Crippen molar-refractivity contribution in [1.29, 1.82) is 0 Å². The highest BCUT2D eigenvalue weighted by Gasteiger charge is 2.38. The van der Waals surface area contributed by atoms with Crippen LogP contribution in [-0.2, 0) is 11.3 Å². The van der Waals surface area contributed by atoms with Crippen molar-refractivity contribution in [3.05, 3.63) is 46.7 Å². The van der Waals surface area contributed by atoms with E-state index in [0.29, 0.717) is 24.8 Å². The molecule has 1 heterocycles. The van der Waals surface area contributed by atoms with Crippen molar-refractivity contribution in [2.75, 3.05) is 17.6 Å². The number of nitrogens with one attached hydrogen (secondary N) is 2. The highest BCUT2D eigenvalue weighted by Crippen LogP contribution is 2.21. The van der Waals surface area contributed by atoms with Crippen LogP contribution in [0.15, 0.2) is 30.3 Å². The Bertz CT molecular complexity index is 880. The molecular formula is C19H23ClF3N5O3. The van der Waals surface area contributed by atoms with Crippen LogP contribution < -0.4 is 16.4 Å². The second kappa shape index (κ2) is 11.9. The first-order chi connectivity index (χ1) is 14.4. The number of carboxylic acid groups (broad SMARTS) is 1. The lowest BCUT2D eigenvalue weighted by molar-refractivity contribution is -0.192. The van der Waals surface area contributed by atoms with E-state index >= 15 is 0 Å². The molecule has 0 aliphatic heterocycles. The normalized spacial score (nSPS) is 10.8. The molecule has 0 saturated heterocycles. The smallest absolute Gasteiger partial charge is 0.475 e. The molecule has 1 aromatic heterocycles. The Balaban J connectivity index is 0.000000592. The van der Waals surface area contributed by atoms with Crippen molar-refractivity contribution in [1.82, 2.24) is 15.3 Å². The summed E-state index contributed by atoms with van der Waals surface area (Å²) in [6.07, 6.45) is -4.11. The lowest BCUT2D eigenvalue weighted by Crippen LogP contribution is -2.25. The van der Waals surface area contributed by atoms with E-state index < -0.39 is 18.1 Å².